The molecule has 0 spiro atoms. The Bertz CT molecular complexity index is 1100. The highest BCUT2D eigenvalue weighted by atomic mass is 32.1. The molecule has 3 aromatic rings. The Morgan fingerprint density at radius 2 is 1.65 bits per heavy atom. The van der Waals surface area contributed by atoms with Crippen molar-refractivity contribution in [1.29, 1.82) is 0 Å². The maximum Gasteiger partial charge on any atom is 0.416 e. The second kappa shape index (κ2) is 8.53. The number of nitrogens with zero attached hydrogens (tertiary/aromatic N) is 2. The quantitative estimate of drug-likeness (QED) is 0.572. The average Bonchev–Trinajstić information content (AvgIpc) is 3.22. The molecule has 0 radical (unpaired) electrons. The molecular weight excluding hydrogens is 448 g/mol. The van der Waals surface area contributed by atoms with Crippen LogP contribution in [0.25, 0.3) is 10.6 Å². The van der Waals surface area contributed by atoms with Gasteiger partial charge in [0.15, 0.2) is 0 Å². The van der Waals surface area contributed by atoms with Crippen molar-refractivity contribution in [2.75, 3.05) is 6.54 Å². The summed E-state index contributed by atoms with van der Waals surface area (Å²) in [5, 5.41) is 8.17. The van der Waals surface area contributed by atoms with Gasteiger partial charge in [-0.25, -0.2) is 4.68 Å². The third kappa shape index (κ3) is 5.51. The highest BCUT2D eigenvalue weighted by molar-refractivity contribution is 7.13. The summed E-state index contributed by atoms with van der Waals surface area (Å²) in [5.41, 5.74) is -3.94. The van der Waals surface area contributed by atoms with Crippen LogP contribution >= 0.6 is 11.3 Å². The molecule has 1 aromatic carbocycles. The molecule has 3 rings (SSSR count). The van der Waals surface area contributed by atoms with Gasteiger partial charge < -0.3 is 5.32 Å². The topological polar surface area (TPSA) is 64.0 Å². The van der Waals surface area contributed by atoms with Crippen LogP contribution < -0.4 is 10.9 Å². The molecule has 1 amide bonds. The van der Waals surface area contributed by atoms with Gasteiger partial charge in [0.2, 0.25) is 0 Å². The standard InChI is InChI=1S/C19H13F6N3O2S/c20-18(21,22)12-8-11(9-13(10-12)19(23,24)25)17(30)26-5-6-28-16(29)4-3-14(27-28)15-2-1-7-31-15/h1-4,7-10H,5-6H2,(H,26,30). The van der Waals surface area contributed by atoms with Crippen LogP contribution in [-0.2, 0) is 18.9 Å². The van der Waals surface area contributed by atoms with E-state index >= 15 is 0 Å². The highest BCUT2D eigenvalue weighted by Gasteiger charge is 2.37. The van der Waals surface area contributed by atoms with Crippen molar-refractivity contribution in [3.8, 4) is 10.6 Å². The Kier molecular flexibility index (Phi) is 6.20. The Balaban J connectivity index is 1.76. The molecule has 164 valence electrons. The van der Waals surface area contributed by atoms with Crippen molar-refractivity contribution in [2.24, 2.45) is 0 Å². The summed E-state index contributed by atoms with van der Waals surface area (Å²) in [6.45, 7) is -0.369. The highest BCUT2D eigenvalue weighted by Crippen LogP contribution is 2.36. The van der Waals surface area contributed by atoms with E-state index in [2.05, 4.69) is 10.4 Å². The molecule has 0 saturated carbocycles. The SMILES string of the molecule is O=C(NCCn1nc(-c2cccs2)ccc1=O)c1cc(C(F)(F)F)cc(C(F)(F)F)c1. The number of carbonyl (C=O) groups excluding carboxylic acids is 1. The number of amides is 1. The molecule has 1 N–H and O–H groups in total. The zero-order valence-corrected chi connectivity index (χ0v) is 16.2. The normalized spacial score (nSPS) is 12.1. The maximum absolute atomic E-state index is 12.9. The average molecular weight is 461 g/mol. The van der Waals surface area contributed by atoms with Crippen molar-refractivity contribution in [1.82, 2.24) is 15.1 Å². The molecule has 2 aromatic heterocycles. The first-order valence-corrected chi connectivity index (χ1v) is 9.53. The van der Waals surface area contributed by atoms with Gasteiger partial charge >= 0.3 is 12.4 Å². The van der Waals surface area contributed by atoms with Crippen LogP contribution in [0.15, 0.2) is 52.6 Å². The lowest BCUT2D eigenvalue weighted by atomic mass is 10.0. The minimum absolute atomic E-state index is 0.0592. The number of alkyl halides is 6. The maximum atomic E-state index is 12.9. The van der Waals surface area contributed by atoms with Crippen LogP contribution in [0.2, 0.25) is 0 Å². The van der Waals surface area contributed by atoms with E-state index in [1.165, 1.54) is 23.5 Å². The van der Waals surface area contributed by atoms with Gasteiger partial charge in [-0.1, -0.05) is 6.07 Å². The number of hydrogen-bond acceptors (Lipinski definition) is 4. The minimum atomic E-state index is -5.06. The molecule has 0 bridgehead atoms. The number of thiophene rings is 1. The van der Waals surface area contributed by atoms with Crippen LogP contribution in [0.3, 0.4) is 0 Å². The number of nitrogens with one attached hydrogen (secondary N) is 1. The van der Waals surface area contributed by atoms with Crippen LogP contribution in [0.4, 0.5) is 26.3 Å². The van der Waals surface area contributed by atoms with E-state index in [-0.39, 0.29) is 19.2 Å². The van der Waals surface area contributed by atoms with E-state index in [0.717, 1.165) is 9.56 Å². The molecule has 12 heteroatoms. The summed E-state index contributed by atoms with van der Waals surface area (Å²) in [4.78, 5) is 24.9. The predicted octanol–water partition coefficient (Wildman–Crippen LogP) is 4.44. The lowest BCUT2D eigenvalue weighted by Gasteiger charge is -2.14. The molecule has 0 aliphatic carbocycles. The molecule has 2 heterocycles. The fraction of sp³-hybridized carbons (Fsp3) is 0.211. The number of benzene rings is 1. The largest absolute Gasteiger partial charge is 0.416 e. The second-order valence-corrected chi connectivity index (χ2v) is 7.26. The summed E-state index contributed by atoms with van der Waals surface area (Å²) < 4.78 is 78.6. The summed E-state index contributed by atoms with van der Waals surface area (Å²) >= 11 is 1.39. The van der Waals surface area contributed by atoms with E-state index < -0.39 is 40.5 Å². The first-order valence-electron chi connectivity index (χ1n) is 8.65. The molecule has 0 aliphatic rings. The van der Waals surface area contributed by atoms with E-state index in [1.54, 1.807) is 12.1 Å². The van der Waals surface area contributed by atoms with Gasteiger partial charge in [-0.15, -0.1) is 11.3 Å². The Hall–Kier alpha value is -3.15. The third-order valence-electron chi connectivity index (χ3n) is 4.10. The lowest BCUT2D eigenvalue weighted by Crippen LogP contribution is -2.32. The summed E-state index contributed by atoms with van der Waals surface area (Å²) in [6.07, 6.45) is -10.1. The van der Waals surface area contributed by atoms with Gasteiger partial charge in [0, 0.05) is 18.2 Å². The first-order chi connectivity index (χ1) is 14.4. The molecule has 0 unspecified atom stereocenters. The number of carbonyl (C=O) groups is 1. The van der Waals surface area contributed by atoms with Gasteiger partial charge in [0.25, 0.3) is 11.5 Å². The Morgan fingerprint density at radius 1 is 1.00 bits per heavy atom. The zero-order chi connectivity index (χ0) is 22.8. The zero-order valence-electron chi connectivity index (χ0n) is 15.4. The monoisotopic (exact) mass is 461 g/mol. The Morgan fingerprint density at radius 3 is 2.19 bits per heavy atom. The first kappa shape index (κ1) is 22.5. The van der Waals surface area contributed by atoms with Gasteiger partial charge in [-0.05, 0) is 35.7 Å². The van der Waals surface area contributed by atoms with Crippen molar-refractivity contribution in [2.45, 2.75) is 18.9 Å². The summed E-state index contributed by atoms with van der Waals surface area (Å²) in [7, 11) is 0. The smallest absolute Gasteiger partial charge is 0.350 e. The number of aromatic nitrogens is 2. The minimum Gasteiger partial charge on any atom is -0.350 e. The van der Waals surface area contributed by atoms with E-state index in [0.29, 0.717) is 17.8 Å². The molecule has 0 saturated heterocycles. The van der Waals surface area contributed by atoms with Gasteiger partial charge in [0.05, 0.1) is 22.5 Å². The molecule has 31 heavy (non-hydrogen) atoms. The van der Waals surface area contributed by atoms with Gasteiger partial charge in [0.1, 0.15) is 5.69 Å². The van der Waals surface area contributed by atoms with Crippen molar-refractivity contribution >= 4 is 17.2 Å². The van der Waals surface area contributed by atoms with E-state index in [4.69, 9.17) is 0 Å². The number of hydrogen-bond donors (Lipinski definition) is 1. The Labute approximate surface area is 174 Å². The van der Waals surface area contributed by atoms with E-state index in [9.17, 15) is 35.9 Å². The van der Waals surface area contributed by atoms with E-state index in [1.807, 2.05) is 5.38 Å². The van der Waals surface area contributed by atoms with Crippen molar-refractivity contribution in [3.63, 3.8) is 0 Å². The van der Waals surface area contributed by atoms with Crippen LogP contribution in [-0.4, -0.2) is 22.2 Å². The van der Waals surface area contributed by atoms with Crippen molar-refractivity contribution < 1.29 is 31.1 Å². The lowest BCUT2D eigenvalue weighted by molar-refractivity contribution is -0.143. The summed E-state index contributed by atoms with van der Waals surface area (Å²) in [6, 6.07) is 6.99. The predicted molar refractivity (Wildman–Crippen MR) is 101 cm³/mol. The number of halogens is 6. The van der Waals surface area contributed by atoms with Gasteiger partial charge in [-0.3, -0.25) is 9.59 Å². The molecule has 0 atom stereocenters. The van der Waals surface area contributed by atoms with Crippen LogP contribution in [0.5, 0.6) is 0 Å². The fourth-order valence-electron chi connectivity index (χ4n) is 2.63. The number of rotatable bonds is 5. The molecular formula is C19H13F6N3O2S. The fourth-order valence-corrected chi connectivity index (χ4v) is 3.32. The molecule has 5 nitrogen and oxygen atoms in total. The molecule has 0 fully saturated rings. The molecule has 0 aliphatic heterocycles. The van der Waals surface area contributed by atoms with Crippen LogP contribution in [0, 0.1) is 0 Å². The van der Waals surface area contributed by atoms with Crippen LogP contribution in [0.1, 0.15) is 21.5 Å². The van der Waals surface area contributed by atoms with Crippen molar-refractivity contribution in [3.05, 3.63) is 74.9 Å². The third-order valence-corrected chi connectivity index (χ3v) is 4.99. The van der Waals surface area contributed by atoms with Gasteiger partial charge in [-0.2, -0.15) is 31.4 Å². The second-order valence-electron chi connectivity index (χ2n) is 6.31. The summed E-state index contributed by atoms with van der Waals surface area (Å²) in [5.74, 6) is -1.14.